The maximum atomic E-state index is 11.1. The molecule has 2 rings (SSSR count). The molecule has 0 fully saturated rings. The van der Waals surface area contributed by atoms with Crippen molar-refractivity contribution < 1.29 is 17.8 Å². The standard InChI is InChI=1S/C10H11NO4S/c11-10(12)8-4-2-6-1-3-7(5-9(6)8)16(13,14)15/h1,3,5,8H,2,4H2,(H2,11,12)(H,13,14,15). The molecule has 1 amide bonds. The molecule has 16 heavy (non-hydrogen) atoms. The summed E-state index contributed by atoms with van der Waals surface area (Å²) in [4.78, 5) is 10.9. The van der Waals surface area contributed by atoms with Crippen LogP contribution in [0.3, 0.4) is 0 Å². The Bertz CT molecular complexity index is 550. The first kappa shape index (κ1) is 11.1. The summed E-state index contributed by atoms with van der Waals surface area (Å²) in [5, 5.41) is 0. The van der Waals surface area contributed by atoms with Gasteiger partial charge in [-0.15, -0.1) is 0 Å². The van der Waals surface area contributed by atoms with E-state index in [0.717, 1.165) is 5.56 Å². The number of amides is 1. The minimum Gasteiger partial charge on any atom is -0.369 e. The predicted octanol–water partition coefficient (Wildman–Crippen LogP) is 0.448. The molecule has 0 radical (unpaired) electrons. The molecule has 0 aliphatic heterocycles. The fraction of sp³-hybridized carbons (Fsp3) is 0.300. The van der Waals surface area contributed by atoms with E-state index in [9.17, 15) is 13.2 Å². The van der Waals surface area contributed by atoms with Gasteiger partial charge in [-0.2, -0.15) is 8.42 Å². The summed E-state index contributed by atoms with van der Waals surface area (Å²) in [5.41, 5.74) is 6.75. The van der Waals surface area contributed by atoms with Crippen LogP contribution in [0.15, 0.2) is 23.1 Å². The molecule has 1 aliphatic carbocycles. The quantitative estimate of drug-likeness (QED) is 0.734. The van der Waals surface area contributed by atoms with Gasteiger partial charge in [-0.3, -0.25) is 9.35 Å². The number of primary amides is 1. The van der Waals surface area contributed by atoms with Gasteiger partial charge in [-0.05, 0) is 36.1 Å². The van der Waals surface area contributed by atoms with Crippen molar-refractivity contribution in [2.24, 2.45) is 5.73 Å². The number of nitrogens with two attached hydrogens (primary N) is 1. The molecule has 0 aromatic heterocycles. The van der Waals surface area contributed by atoms with E-state index in [2.05, 4.69) is 0 Å². The summed E-state index contributed by atoms with van der Waals surface area (Å²) in [5.74, 6) is -0.914. The van der Waals surface area contributed by atoms with E-state index in [-0.39, 0.29) is 4.90 Å². The summed E-state index contributed by atoms with van der Waals surface area (Å²) in [6, 6.07) is 4.27. The number of fused-ring (bicyclic) bond motifs is 1. The van der Waals surface area contributed by atoms with Crippen molar-refractivity contribution in [3.05, 3.63) is 29.3 Å². The van der Waals surface area contributed by atoms with Crippen LogP contribution in [0.25, 0.3) is 0 Å². The van der Waals surface area contributed by atoms with E-state index >= 15 is 0 Å². The van der Waals surface area contributed by atoms with Crippen LogP contribution in [0.4, 0.5) is 0 Å². The summed E-state index contributed by atoms with van der Waals surface area (Å²) >= 11 is 0. The maximum Gasteiger partial charge on any atom is 0.294 e. The normalized spacial score (nSPS) is 19.4. The molecule has 0 saturated heterocycles. The van der Waals surface area contributed by atoms with Crippen molar-refractivity contribution in [2.45, 2.75) is 23.7 Å². The fourth-order valence-electron chi connectivity index (χ4n) is 2.04. The van der Waals surface area contributed by atoms with Crippen LogP contribution in [0.2, 0.25) is 0 Å². The Kier molecular flexibility index (Phi) is 2.47. The van der Waals surface area contributed by atoms with Gasteiger partial charge in [0.05, 0.1) is 10.8 Å². The van der Waals surface area contributed by atoms with Crippen LogP contribution in [-0.4, -0.2) is 18.9 Å². The Balaban J connectivity index is 2.54. The van der Waals surface area contributed by atoms with E-state index in [4.69, 9.17) is 10.3 Å². The molecule has 3 N–H and O–H groups in total. The lowest BCUT2D eigenvalue weighted by atomic mass is 10.0. The molecular weight excluding hydrogens is 230 g/mol. The Morgan fingerprint density at radius 3 is 2.69 bits per heavy atom. The van der Waals surface area contributed by atoms with E-state index < -0.39 is 21.9 Å². The third-order valence-corrected chi connectivity index (χ3v) is 3.69. The summed E-state index contributed by atoms with van der Waals surface area (Å²) in [7, 11) is -4.23. The Hall–Kier alpha value is -1.40. The first-order valence-electron chi connectivity index (χ1n) is 4.79. The van der Waals surface area contributed by atoms with Gasteiger partial charge < -0.3 is 5.73 Å². The number of hydrogen-bond donors (Lipinski definition) is 2. The van der Waals surface area contributed by atoms with Crippen LogP contribution >= 0.6 is 0 Å². The van der Waals surface area contributed by atoms with Crippen molar-refractivity contribution in [1.29, 1.82) is 0 Å². The first-order chi connectivity index (χ1) is 7.39. The Morgan fingerprint density at radius 2 is 2.12 bits per heavy atom. The highest BCUT2D eigenvalue weighted by Crippen LogP contribution is 2.34. The van der Waals surface area contributed by atoms with Crippen LogP contribution in [0, 0.1) is 0 Å². The van der Waals surface area contributed by atoms with Gasteiger partial charge in [0.1, 0.15) is 0 Å². The molecule has 6 heteroatoms. The lowest BCUT2D eigenvalue weighted by Gasteiger charge is -2.07. The lowest BCUT2D eigenvalue weighted by Crippen LogP contribution is -2.19. The molecule has 1 aliphatic rings. The molecule has 1 atom stereocenters. The topological polar surface area (TPSA) is 97.5 Å². The maximum absolute atomic E-state index is 11.1. The number of carbonyl (C=O) groups excluding carboxylic acids is 1. The van der Waals surface area contributed by atoms with E-state index in [1.165, 1.54) is 12.1 Å². The van der Waals surface area contributed by atoms with Crippen LogP contribution in [-0.2, 0) is 21.3 Å². The highest BCUT2D eigenvalue weighted by Gasteiger charge is 2.28. The number of hydrogen-bond acceptors (Lipinski definition) is 3. The number of aryl methyl sites for hydroxylation is 1. The zero-order valence-electron chi connectivity index (χ0n) is 8.38. The molecule has 86 valence electrons. The lowest BCUT2D eigenvalue weighted by molar-refractivity contribution is -0.119. The van der Waals surface area contributed by atoms with Gasteiger partial charge in [0.15, 0.2) is 0 Å². The van der Waals surface area contributed by atoms with Gasteiger partial charge in [0.2, 0.25) is 5.91 Å². The minimum atomic E-state index is -4.23. The second-order valence-electron chi connectivity index (χ2n) is 3.83. The van der Waals surface area contributed by atoms with E-state index in [1.54, 1.807) is 6.07 Å². The van der Waals surface area contributed by atoms with Gasteiger partial charge in [0.25, 0.3) is 10.1 Å². The molecule has 0 saturated carbocycles. The van der Waals surface area contributed by atoms with E-state index in [1.807, 2.05) is 0 Å². The van der Waals surface area contributed by atoms with Gasteiger partial charge in [-0.25, -0.2) is 0 Å². The molecule has 1 aromatic rings. The molecule has 0 spiro atoms. The Labute approximate surface area is 93.0 Å². The average Bonchev–Trinajstić information content (AvgIpc) is 2.58. The average molecular weight is 241 g/mol. The number of carbonyl (C=O) groups is 1. The van der Waals surface area contributed by atoms with Crippen molar-refractivity contribution >= 4 is 16.0 Å². The van der Waals surface area contributed by atoms with Crippen LogP contribution in [0.1, 0.15) is 23.5 Å². The van der Waals surface area contributed by atoms with Crippen molar-refractivity contribution in [1.82, 2.24) is 0 Å². The second kappa shape index (κ2) is 3.57. The SMILES string of the molecule is NC(=O)C1CCc2ccc(S(=O)(=O)O)cc21. The second-order valence-corrected chi connectivity index (χ2v) is 5.25. The summed E-state index contributed by atoms with van der Waals surface area (Å²) < 4.78 is 30.8. The van der Waals surface area contributed by atoms with Crippen LogP contribution < -0.4 is 5.73 Å². The highest BCUT2D eigenvalue weighted by molar-refractivity contribution is 7.85. The number of benzene rings is 1. The minimum absolute atomic E-state index is 0.195. The highest BCUT2D eigenvalue weighted by atomic mass is 32.2. The zero-order valence-corrected chi connectivity index (χ0v) is 9.20. The molecule has 5 nitrogen and oxygen atoms in total. The third-order valence-electron chi connectivity index (χ3n) is 2.84. The van der Waals surface area contributed by atoms with Crippen molar-refractivity contribution in [3.63, 3.8) is 0 Å². The largest absolute Gasteiger partial charge is 0.369 e. The number of rotatable bonds is 2. The zero-order chi connectivity index (χ0) is 11.9. The first-order valence-corrected chi connectivity index (χ1v) is 6.23. The third kappa shape index (κ3) is 1.81. The molecule has 1 unspecified atom stereocenters. The molecule has 0 bridgehead atoms. The van der Waals surface area contributed by atoms with Crippen molar-refractivity contribution in [2.75, 3.05) is 0 Å². The Morgan fingerprint density at radius 1 is 1.44 bits per heavy atom. The molecule has 0 heterocycles. The monoisotopic (exact) mass is 241 g/mol. The smallest absolute Gasteiger partial charge is 0.294 e. The van der Waals surface area contributed by atoms with Crippen molar-refractivity contribution in [3.8, 4) is 0 Å². The van der Waals surface area contributed by atoms with Gasteiger partial charge >= 0.3 is 0 Å². The fourth-order valence-corrected chi connectivity index (χ4v) is 2.55. The van der Waals surface area contributed by atoms with Crippen LogP contribution in [0.5, 0.6) is 0 Å². The van der Waals surface area contributed by atoms with E-state index in [0.29, 0.717) is 18.4 Å². The van der Waals surface area contributed by atoms with Gasteiger partial charge in [-0.1, -0.05) is 6.07 Å². The molecular formula is C10H11NO4S. The summed E-state index contributed by atoms with van der Waals surface area (Å²) in [6.45, 7) is 0. The molecule has 1 aromatic carbocycles. The predicted molar refractivity (Wildman–Crippen MR) is 56.5 cm³/mol. The summed E-state index contributed by atoms with van der Waals surface area (Å²) in [6.07, 6.45) is 1.30. The van der Waals surface area contributed by atoms with Gasteiger partial charge in [0, 0.05) is 0 Å².